The molecule has 2 aromatic rings. The van der Waals surface area contributed by atoms with Gasteiger partial charge in [0.1, 0.15) is 0 Å². The third kappa shape index (κ3) is 2.17. The van der Waals surface area contributed by atoms with Crippen LogP contribution in [0.25, 0.3) is 0 Å². The quantitative estimate of drug-likeness (QED) is 0.828. The van der Waals surface area contributed by atoms with E-state index in [9.17, 15) is 0 Å². The van der Waals surface area contributed by atoms with Crippen LogP contribution in [0.1, 0.15) is 43.5 Å². The summed E-state index contributed by atoms with van der Waals surface area (Å²) in [6.45, 7) is 8.87. The van der Waals surface area contributed by atoms with Crippen LogP contribution in [0.15, 0.2) is 30.7 Å². The number of nitrogens with zero attached hydrogens (tertiary/aromatic N) is 3. The van der Waals surface area contributed by atoms with E-state index < -0.39 is 0 Å². The molecule has 3 heteroatoms. The molecule has 0 N–H and O–H groups in total. The zero-order valence-corrected chi connectivity index (χ0v) is 11.8. The van der Waals surface area contributed by atoms with E-state index >= 15 is 0 Å². The van der Waals surface area contributed by atoms with Crippen molar-refractivity contribution in [3.8, 4) is 0 Å². The lowest BCUT2D eigenvalue weighted by Crippen LogP contribution is -2.25. The standard InChI is InChI=1S/C15H21N3/c1-11(14-10-18(5)17-12(14)2)15(3,4)13-7-6-8-16-9-13/h6-11H,1-5H3. The largest absolute Gasteiger partial charge is 0.275 e. The molecule has 0 saturated carbocycles. The van der Waals surface area contributed by atoms with Crippen molar-refractivity contribution in [3.05, 3.63) is 47.5 Å². The van der Waals surface area contributed by atoms with Gasteiger partial charge in [-0.05, 0) is 35.4 Å². The lowest BCUT2D eigenvalue weighted by molar-refractivity contribution is 0.433. The first-order valence-electron chi connectivity index (χ1n) is 6.33. The Labute approximate surface area is 109 Å². The van der Waals surface area contributed by atoms with Crippen LogP contribution < -0.4 is 0 Å². The van der Waals surface area contributed by atoms with E-state index in [-0.39, 0.29) is 5.41 Å². The Morgan fingerprint density at radius 1 is 1.33 bits per heavy atom. The van der Waals surface area contributed by atoms with Gasteiger partial charge in [0.15, 0.2) is 0 Å². The molecule has 0 aliphatic heterocycles. The van der Waals surface area contributed by atoms with Crippen LogP contribution in [-0.4, -0.2) is 14.8 Å². The normalized spacial score (nSPS) is 13.6. The fourth-order valence-electron chi connectivity index (χ4n) is 2.43. The molecule has 0 radical (unpaired) electrons. The second-order valence-corrected chi connectivity index (χ2v) is 5.53. The van der Waals surface area contributed by atoms with E-state index in [4.69, 9.17) is 0 Å². The van der Waals surface area contributed by atoms with Gasteiger partial charge in [0.25, 0.3) is 0 Å². The summed E-state index contributed by atoms with van der Waals surface area (Å²) in [7, 11) is 1.97. The smallest absolute Gasteiger partial charge is 0.0628 e. The van der Waals surface area contributed by atoms with Gasteiger partial charge in [0, 0.05) is 25.6 Å². The predicted molar refractivity (Wildman–Crippen MR) is 73.6 cm³/mol. The van der Waals surface area contributed by atoms with Gasteiger partial charge in [-0.25, -0.2) is 0 Å². The molecule has 0 spiro atoms. The van der Waals surface area contributed by atoms with Crippen LogP contribution in [0.2, 0.25) is 0 Å². The number of hydrogen-bond donors (Lipinski definition) is 0. The van der Waals surface area contributed by atoms with Gasteiger partial charge in [-0.3, -0.25) is 9.67 Å². The van der Waals surface area contributed by atoms with Crippen molar-refractivity contribution >= 4 is 0 Å². The second kappa shape index (κ2) is 4.56. The maximum absolute atomic E-state index is 4.44. The fraction of sp³-hybridized carbons (Fsp3) is 0.467. The summed E-state index contributed by atoms with van der Waals surface area (Å²) in [6.07, 6.45) is 5.90. The minimum Gasteiger partial charge on any atom is -0.275 e. The predicted octanol–water partition coefficient (Wildman–Crippen LogP) is 3.20. The van der Waals surface area contributed by atoms with Crippen LogP contribution in [-0.2, 0) is 12.5 Å². The monoisotopic (exact) mass is 243 g/mol. The molecule has 96 valence electrons. The number of hydrogen-bond acceptors (Lipinski definition) is 2. The summed E-state index contributed by atoms with van der Waals surface area (Å²) >= 11 is 0. The highest BCUT2D eigenvalue weighted by Crippen LogP contribution is 2.38. The minimum absolute atomic E-state index is 0.0437. The van der Waals surface area contributed by atoms with E-state index in [0.29, 0.717) is 5.92 Å². The molecule has 0 amide bonds. The molecule has 1 atom stereocenters. The summed E-state index contributed by atoms with van der Waals surface area (Å²) < 4.78 is 1.89. The van der Waals surface area contributed by atoms with Crippen molar-refractivity contribution in [3.63, 3.8) is 0 Å². The first kappa shape index (κ1) is 12.8. The zero-order valence-electron chi connectivity index (χ0n) is 11.8. The molecule has 2 aromatic heterocycles. The lowest BCUT2D eigenvalue weighted by Gasteiger charge is -2.32. The maximum Gasteiger partial charge on any atom is 0.0628 e. The van der Waals surface area contributed by atoms with E-state index in [1.165, 1.54) is 11.1 Å². The Morgan fingerprint density at radius 2 is 2.06 bits per heavy atom. The highest BCUT2D eigenvalue weighted by molar-refractivity contribution is 5.31. The van der Waals surface area contributed by atoms with Gasteiger partial charge >= 0.3 is 0 Å². The number of aryl methyl sites for hydroxylation is 2. The molecule has 0 aliphatic rings. The van der Waals surface area contributed by atoms with E-state index in [0.717, 1.165) is 5.69 Å². The maximum atomic E-state index is 4.44. The van der Waals surface area contributed by atoms with Crippen molar-refractivity contribution in [2.24, 2.45) is 7.05 Å². The summed E-state index contributed by atoms with van der Waals surface area (Å²) in [5.41, 5.74) is 3.73. The van der Waals surface area contributed by atoms with Gasteiger partial charge < -0.3 is 0 Å². The average molecular weight is 243 g/mol. The molecule has 0 saturated heterocycles. The summed E-state index contributed by atoms with van der Waals surface area (Å²) in [5, 5.41) is 4.44. The van der Waals surface area contributed by atoms with Gasteiger partial charge in [0.05, 0.1) is 5.69 Å². The van der Waals surface area contributed by atoms with E-state index in [2.05, 4.69) is 50.0 Å². The molecule has 18 heavy (non-hydrogen) atoms. The molecule has 2 rings (SSSR count). The SMILES string of the molecule is Cc1nn(C)cc1C(C)C(C)(C)c1cccnc1. The summed E-state index contributed by atoms with van der Waals surface area (Å²) in [6, 6.07) is 4.15. The highest BCUT2D eigenvalue weighted by Gasteiger charge is 2.31. The minimum atomic E-state index is 0.0437. The van der Waals surface area contributed by atoms with Crippen LogP contribution in [0.5, 0.6) is 0 Å². The Kier molecular flexibility index (Phi) is 3.24. The summed E-state index contributed by atoms with van der Waals surface area (Å²) in [4.78, 5) is 4.23. The van der Waals surface area contributed by atoms with Gasteiger partial charge in [0.2, 0.25) is 0 Å². The third-order valence-corrected chi connectivity index (χ3v) is 4.01. The zero-order chi connectivity index (χ0) is 13.3. The Morgan fingerprint density at radius 3 is 2.56 bits per heavy atom. The van der Waals surface area contributed by atoms with Gasteiger partial charge in [-0.1, -0.05) is 26.8 Å². The van der Waals surface area contributed by atoms with E-state index in [1.54, 1.807) is 0 Å². The highest BCUT2D eigenvalue weighted by atomic mass is 15.2. The topological polar surface area (TPSA) is 30.7 Å². The Balaban J connectivity index is 2.39. The van der Waals surface area contributed by atoms with Crippen molar-refractivity contribution in [1.29, 1.82) is 0 Å². The average Bonchev–Trinajstić information content (AvgIpc) is 2.68. The van der Waals surface area contributed by atoms with Crippen LogP contribution >= 0.6 is 0 Å². The lowest BCUT2D eigenvalue weighted by atomic mass is 9.72. The van der Waals surface area contributed by atoms with Crippen molar-refractivity contribution in [2.45, 2.75) is 39.0 Å². The third-order valence-electron chi connectivity index (χ3n) is 4.01. The van der Waals surface area contributed by atoms with Gasteiger partial charge in [-0.2, -0.15) is 5.10 Å². The first-order chi connectivity index (χ1) is 8.43. The van der Waals surface area contributed by atoms with E-state index in [1.807, 2.05) is 30.2 Å². The molecule has 2 heterocycles. The molecule has 3 nitrogen and oxygen atoms in total. The van der Waals surface area contributed by atoms with Crippen LogP contribution in [0.3, 0.4) is 0 Å². The number of pyridine rings is 1. The Bertz CT molecular complexity index is 526. The fourth-order valence-corrected chi connectivity index (χ4v) is 2.43. The molecule has 1 unspecified atom stereocenters. The molecule has 0 aliphatic carbocycles. The molecule has 0 fully saturated rings. The molecule has 0 aromatic carbocycles. The van der Waals surface area contributed by atoms with Crippen molar-refractivity contribution < 1.29 is 0 Å². The molecular weight excluding hydrogens is 222 g/mol. The number of aromatic nitrogens is 3. The first-order valence-corrected chi connectivity index (χ1v) is 6.33. The van der Waals surface area contributed by atoms with Gasteiger partial charge in [-0.15, -0.1) is 0 Å². The number of rotatable bonds is 3. The molecule has 0 bridgehead atoms. The Hall–Kier alpha value is -1.64. The van der Waals surface area contributed by atoms with Crippen LogP contribution in [0.4, 0.5) is 0 Å². The summed E-state index contributed by atoms with van der Waals surface area (Å²) in [5.74, 6) is 0.399. The van der Waals surface area contributed by atoms with Crippen molar-refractivity contribution in [1.82, 2.24) is 14.8 Å². The van der Waals surface area contributed by atoms with Crippen molar-refractivity contribution in [2.75, 3.05) is 0 Å². The second-order valence-electron chi connectivity index (χ2n) is 5.53. The van der Waals surface area contributed by atoms with Crippen LogP contribution in [0, 0.1) is 6.92 Å². The molecular formula is C15H21N3.